The summed E-state index contributed by atoms with van der Waals surface area (Å²) in [6.45, 7) is 0. The fourth-order valence-electron chi connectivity index (χ4n) is 2.15. The molecule has 1 amide bonds. The average Bonchev–Trinajstić information content (AvgIpc) is 2.68. The number of amides is 1. The highest BCUT2D eigenvalue weighted by Gasteiger charge is 2.32. The van der Waals surface area contributed by atoms with Crippen LogP contribution in [0.15, 0.2) is 36.4 Å². The molecule has 0 bridgehead atoms. The van der Waals surface area contributed by atoms with Gasteiger partial charge in [0, 0.05) is 13.5 Å². The molecule has 28 heavy (non-hydrogen) atoms. The molecule has 0 radical (unpaired) electrons. The lowest BCUT2D eigenvalue weighted by atomic mass is 10.1. The molecule has 0 saturated carbocycles. The third kappa shape index (κ3) is 4.73. The number of hydrogen-bond donors (Lipinski definition) is 0. The highest BCUT2D eigenvalue weighted by Crippen LogP contribution is 2.23. The number of rotatable bonds is 5. The summed E-state index contributed by atoms with van der Waals surface area (Å²) in [5.41, 5.74) is -0.874. The maximum Gasteiger partial charge on any atom is 0.369 e. The first kappa shape index (κ1) is 21.1. The molecule has 0 aliphatic heterocycles. The van der Waals surface area contributed by atoms with Crippen molar-refractivity contribution in [2.45, 2.75) is 12.8 Å². The van der Waals surface area contributed by atoms with Gasteiger partial charge in [-0.3, -0.25) is 4.79 Å². The summed E-state index contributed by atoms with van der Waals surface area (Å²) in [6, 6.07) is 9.19. The summed E-state index contributed by atoms with van der Waals surface area (Å²) in [6.07, 6.45) is 3.59. The number of nitrogens with zero attached hydrogens (tertiary/aromatic N) is 1. The van der Waals surface area contributed by atoms with Crippen LogP contribution in [0.4, 0.5) is 22.0 Å². The first-order chi connectivity index (χ1) is 13.2. The van der Waals surface area contributed by atoms with Crippen molar-refractivity contribution in [1.29, 1.82) is 0 Å². The minimum atomic E-state index is -2.40. The third-order valence-corrected chi connectivity index (χ3v) is 3.62. The lowest BCUT2D eigenvalue weighted by molar-refractivity contribution is -0.161. The largest absolute Gasteiger partial charge is 0.369 e. The number of hydroxylamine groups is 2. The van der Waals surface area contributed by atoms with Gasteiger partial charge >= 0.3 is 5.97 Å². The fourth-order valence-corrected chi connectivity index (χ4v) is 2.15. The molecule has 148 valence electrons. The maximum absolute atomic E-state index is 13.6. The van der Waals surface area contributed by atoms with Crippen molar-refractivity contribution < 1.29 is 36.4 Å². The Morgan fingerprint density at radius 1 is 0.929 bits per heavy atom. The predicted octanol–water partition coefficient (Wildman–Crippen LogP) is 4.41. The Labute approximate surface area is 156 Å². The van der Waals surface area contributed by atoms with Crippen LogP contribution in [0.25, 0.3) is 6.08 Å². The highest BCUT2D eigenvalue weighted by atomic mass is 19.2. The molecule has 2 aromatic carbocycles. The zero-order chi connectivity index (χ0) is 20.8. The van der Waals surface area contributed by atoms with E-state index in [-0.39, 0.29) is 12.8 Å². The summed E-state index contributed by atoms with van der Waals surface area (Å²) in [7, 11) is 0.979. The van der Waals surface area contributed by atoms with Gasteiger partial charge in [0.15, 0.2) is 23.3 Å². The number of allylic oxidation sites excluding steroid dienone is 1. The molecular formula is C19H14F5NO3. The van der Waals surface area contributed by atoms with E-state index in [2.05, 4.69) is 4.84 Å². The quantitative estimate of drug-likeness (QED) is 0.324. The summed E-state index contributed by atoms with van der Waals surface area (Å²) in [5.74, 6) is -14.3. The van der Waals surface area contributed by atoms with Crippen LogP contribution in [0, 0.1) is 29.1 Å². The van der Waals surface area contributed by atoms with Gasteiger partial charge in [-0.15, -0.1) is 0 Å². The SMILES string of the molecule is CN(OC(=O)c1c(F)c(F)c(F)c(F)c1F)C(=O)CC/C=C/c1ccccc1. The second-order valence-corrected chi connectivity index (χ2v) is 5.57. The molecule has 2 rings (SSSR count). The summed E-state index contributed by atoms with van der Waals surface area (Å²) >= 11 is 0. The molecule has 2 aromatic rings. The van der Waals surface area contributed by atoms with E-state index in [1.54, 1.807) is 12.2 Å². The van der Waals surface area contributed by atoms with Crippen molar-refractivity contribution in [2.24, 2.45) is 0 Å². The van der Waals surface area contributed by atoms with Crippen LogP contribution in [0.2, 0.25) is 0 Å². The van der Waals surface area contributed by atoms with E-state index in [1.165, 1.54) is 0 Å². The number of hydrogen-bond acceptors (Lipinski definition) is 3. The molecule has 9 heteroatoms. The van der Waals surface area contributed by atoms with E-state index >= 15 is 0 Å². The van der Waals surface area contributed by atoms with Gasteiger partial charge in [-0.05, 0) is 12.0 Å². The van der Waals surface area contributed by atoms with Crippen molar-refractivity contribution in [3.8, 4) is 0 Å². The number of carbonyl (C=O) groups excluding carboxylic acids is 2. The van der Waals surface area contributed by atoms with Crippen LogP contribution in [-0.4, -0.2) is 24.0 Å². The van der Waals surface area contributed by atoms with Crippen LogP contribution in [0.1, 0.15) is 28.8 Å². The Morgan fingerprint density at radius 2 is 1.46 bits per heavy atom. The number of benzene rings is 2. The molecule has 0 atom stereocenters. The lowest BCUT2D eigenvalue weighted by Gasteiger charge is -2.16. The van der Waals surface area contributed by atoms with Gasteiger partial charge in [0.2, 0.25) is 5.82 Å². The number of carbonyl (C=O) groups is 2. The zero-order valence-corrected chi connectivity index (χ0v) is 14.5. The van der Waals surface area contributed by atoms with Crippen molar-refractivity contribution in [2.75, 3.05) is 7.05 Å². The second kappa shape index (κ2) is 9.12. The van der Waals surface area contributed by atoms with Crippen LogP contribution in [0.3, 0.4) is 0 Å². The highest BCUT2D eigenvalue weighted by molar-refractivity contribution is 5.91. The molecule has 0 saturated heterocycles. The van der Waals surface area contributed by atoms with Crippen LogP contribution >= 0.6 is 0 Å². The normalized spacial score (nSPS) is 10.9. The van der Waals surface area contributed by atoms with E-state index in [0.29, 0.717) is 5.06 Å². The van der Waals surface area contributed by atoms with E-state index in [0.717, 1.165) is 12.6 Å². The minimum absolute atomic E-state index is 0.121. The third-order valence-electron chi connectivity index (χ3n) is 3.62. The first-order valence-electron chi connectivity index (χ1n) is 7.96. The first-order valence-corrected chi connectivity index (χ1v) is 7.96. The fraction of sp³-hybridized carbons (Fsp3) is 0.158. The topological polar surface area (TPSA) is 46.6 Å². The maximum atomic E-state index is 13.6. The molecule has 0 heterocycles. The second-order valence-electron chi connectivity index (χ2n) is 5.57. The Hall–Kier alpha value is -3.23. The van der Waals surface area contributed by atoms with Gasteiger partial charge in [-0.2, -0.15) is 5.06 Å². The Morgan fingerprint density at radius 3 is 2.04 bits per heavy atom. The lowest BCUT2D eigenvalue weighted by Crippen LogP contribution is -2.30. The molecular weight excluding hydrogens is 385 g/mol. The van der Waals surface area contributed by atoms with Crippen molar-refractivity contribution in [1.82, 2.24) is 5.06 Å². The van der Waals surface area contributed by atoms with Crippen molar-refractivity contribution >= 4 is 18.0 Å². The molecule has 0 aliphatic rings. The van der Waals surface area contributed by atoms with E-state index in [1.807, 2.05) is 30.3 Å². The van der Waals surface area contributed by atoms with Crippen molar-refractivity contribution in [3.63, 3.8) is 0 Å². The van der Waals surface area contributed by atoms with E-state index < -0.39 is 46.5 Å². The minimum Gasteiger partial charge on any atom is -0.333 e. The van der Waals surface area contributed by atoms with Gasteiger partial charge in [0.05, 0.1) is 0 Å². The van der Waals surface area contributed by atoms with Gasteiger partial charge in [-0.1, -0.05) is 42.5 Å². The van der Waals surface area contributed by atoms with Gasteiger partial charge in [-0.25, -0.2) is 26.7 Å². The molecule has 0 spiro atoms. The molecule has 4 nitrogen and oxygen atoms in total. The van der Waals surface area contributed by atoms with Gasteiger partial charge in [0.1, 0.15) is 5.56 Å². The van der Waals surface area contributed by atoms with E-state index in [9.17, 15) is 31.5 Å². The smallest absolute Gasteiger partial charge is 0.333 e. The van der Waals surface area contributed by atoms with E-state index in [4.69, 9.17) is 0 Å². The Bertz CT molecular complexity index is 887. The van der Waals surface area contributed by atoms with Crippen molar-refractivity contribution in [3.05, 3.63) is 76.6 Å². The number of halogens is 5. The molecule has 0 aromatic heterocycles. The Kier molecular flexibility index (Phi) is 6.86. The molecule has 0 N–H and O–H groups in total. The van der Waals surface area contributed by atoms with Gasteiger partial charge < -0.3 is 4.84 Å². The monoisotopic (exact) mass is 399 g/mol. The molecule has 0 unspecified atom stereocenters. The predicted molar refractivity (Wildman–Crippen MR) is 89.1 cm³/mol. The molecule has 0 fully saturated rings. The Balaban J connectivity index is 1.99. The standard InChI is InChI=1S/C19H14F5NO3/c1-25(12(26)10-6-5-9-11-7-3-2-4-8-11)28-19(27)13-14(20)16(22)18(24)17(23)15(13)21/h2-5,7-9H,6,10H2,1H3/b9-5+. The summed E-state index contributed by atoms with van der Waals surface area (Å²) < 4.78 is 66.5. The summed E-state index contributed by atoms with van der Waals surface area (Å²) in [4.78, 5) is 28.1. The molecule has 0 aliphatic carbocycles. The average molecular weight is 399 g/mol. The summed E-state index contributed by atoms with van der Waals surface area (Å²) in [5, 5.41) is 0.372. The van der Waals surface area contributed by atoms with Crippen LogP contribution < -0.4 is 0 Å². The zero-order valence-electron chi connectivity index (χ0n) is 14.5. The van der Waals surface area contributed by atoms with Crippen LogP contribution in [0.5, 0.6) is 0 Å². The van der Waals surface area contributed by atoms with Crippen LogP contribution in [-0.2, 0) is 9.63 Å². The van der Waals surface area contributed by atoms with Gasteiger partial charge in [0.25, 0.3) is 5.91 Å².